The van der Waals surface area contributed by atoms with Gasteiger partial charge in [0.15, 0.2) is 9.84 Å². The summed E-state index contributed by atoms with van der Waals surface area (Å²) >= 11 is 0. The fourth-order valence-corrected chi connectivity index (χ4v) is 3.69. The summed E-state index contributed by atoms with van der Waals surface area (Å²) in [5, 5.41) is 19.2. The summed E-state index contributed by atoms with van der Waals surface area (Å²) in [6.45, 7) is 1.45. The van der Waals surface area contributed by atoms with E-state index in [2.05, 4.69) is 0 Å². The number of sulfone groups is 1. The minimum absolute atomic E-state index is 0.178. The fourth-order valence-electron chi connectivity index (χ4n) is 2.03. The summed E-state index contributed by atoms with van der Waals surface area (Å²) < 4.78 is 41.3. The third kappa shape index (κ3) is 3.23. The molecule has 0 bridgehead atoms. The van der Waals surface area contributed by atoms with E-state index < -0.39 is 34.0 Å². The molecule has 1 fully saturated rings. The third-order valence-electron chi connectivity index (χ3n) is 2.97. The van der Waals surface area contributed by atoms with Crippen LogP contribution < -0.4 is 4.74 Å². The lowest BCUT2D eigenvalue weighted by Gasteiger charge is -2.19. The maximum absolute atomic E-state index is 13.1. The highest BCUT2D eigenvalue weighted by molar-refractivity contribution is 7.91. The molecule has 19 heavy (non-hydrogen) atoms. The Bertz CT molecular complexity index is 569. The predicted molar refractivity (Wildman–Crippen MR) is 66.1 cm³/mol. The quantitative estimate of drug-likeness (QED) is 0.842. The maximum atomic E-state index is 13.1. The van der Waals surface area contributed by atoms with Gasteiger partial charge in [-0.1, -0.05) is 0 Å². The van der Waals surface area contributed by atoms with Crippen molar-refractivity contribution in [1.82, 2.24) is 0 Å². The van der Waals surface area contributed by atoms with Gasteiger partial charge in [0.2, 0.25) is 0 Å². The van der Waals surface area contributed by atoms with Gasteiger partial charge >= 0.3 is 0 Å². The van der Waals surface area contributed by atoms with Crippen LogP contribution in [0.3, 0.4) is 0 Å². The minimum atomic E-state index is -3.32. The van der Waals surface area contributed by atoms with E-state index in [0.29, 0.717) is 0 Å². The largest absolute Gasteiger partial charge is 0.486 e. The lowest BCUT2D eigenvalue weighted by Crippen LogP contribution is -2.30. The molecule has 2 N–H and O–H groups in total. The van der Waals surface area contributed by atoms with Gasteiger partial charge in [-0.3, -0.25) is 0 Å². The molecule has 1 aromatic carbocycles. The van der Waals surface area contributed by atoms with Gasteiger partial charge in [-0.15, -0.1) is 0 Å². The Morgan fingerprint density at radius 3 is 2.63 bits per heavy atom. The molecule has 1 aliphatic heterocycles. The third-order valence-corrected chi connectivity index (χ3v) is 4.66. The van der Waals surface area contributed by atoms with E-state index in [1.54, 1.807) is 0 Å². The molecule has 1 aliphatic rings. The zero-order valence-electron chi connectivity index (χ0n) is 10.3. The lowest BCUT2D eigenvalue weighted by atomic mass is 10.1. The van der Waals surface area contributed by atoms with E-state index in [9.17, 15) is 23.0 Å². The average molecular weight is 290 g/mol. The molecule has 1 saturated heterocycles. The second-order valence-electron chi connectivity index (χ2n) is 4.66. The van der Waals surface area contributed by atoms with Gasteiger partial charge in [-0.25, -0.2) is 12.8 Å². The second-order valence-corrected chi connectivity index (χ2v) is 6.81. The SMILES string of the molecule is C[C@H](O)c1cc(F)ccc1OC1CS(=O)(=O)CC1O. The monoisotopic (exact) mass is 290 g/mol. The number of ether oxygens (including phenoxy) is 1. The minimum Gasteiger partial charge on any atom is -0.486 e. The number of hydrogen-bond acceptors (Lipinski definition) is 5. The van der Waals surface area contributed by atoms with Gasteiger partial charge in [0.25, 0.3) is 0 Å². The molecule has 0 amide bonds. The molecule has 0 saturated carbocycles. The van der Waals surface area contributed by atoms with Crippen LogP contribution in [0, 0.1) is 5.82 Å². The van der Waals surface area contributed by atoms with Crippen molar-refractivity contribution in [2.24, 2.45) is 0 Å². The van der Waals surface area contributed by atoms with E-state index in [4.69, 9.17) is 4.74 Å². The Morgan fingerprint density at radius 2 is 2.11 bits per heavy atom. The highest BCUT2D eigenvalue weighted by atomic mass is 32.2. The van der Waals surface area contributed by atoms with Crippen molar-refractivity contribution in [3.8, 4) is 5.75 Å². The van der Waals surface area contributed by atoms with Crippen LogP contribution in [-0.2, 0) is 9.84 Å². The number of benzene rings is 1. The number of halogens is 1. The van der Waals surface area contributed by atoms with Crippen molar-refractivity contribution >= 4 is 9.84 Å². The number of aliphatic hydroxyl groups is 2. The van der Waals surface area contributed by atoms with Gasteiger partial charge in [-0.05, 0) is 25.1 Å². The van der Waals surface area contributed by atoms with Crippen LogP contribution in [0.15, 0.2) is 18.2 Å². The Balaban J connectivity index is 2.25. The summed E-state index contributed by atoms with van der Waals surface area (Å²) in [5.74, 6) is -0.978. The van der Waals surface area contributed by atoms with Crippen LogP contribution in [0.5, 0.6) is 5.75 Å². The topological polar surface area (TPSA) is 83.8 Å². The van der Waals surface area contributed by atoms with Crippen molar-refractivity contribution in [2.45, 2.75) is 25.2 Å². The molecule has 0 aliphatic carbocycles. The standard InChI is InChI=1S/C12H15FO5S/c1-7(14)9-4-8(13)2-3-11(9)18-12-6-19(16,17)5-10(12)15/h2-4,7,10,12,14-15H,5-6H2,1H3/t7-,10?,12?/m0/s1. The number of rotatable bonds is 3. The summed E-state index contributed by atoms with van der Waals surface area (Å²) in [4.78, 5) is 0. The Hall–Kier alpha value is -1.18. The zero-order chi connectivity index (χ0) is 14.2. The molecule has 106 valence electrons. The lowest BCUT2D eigenvalue weighted by molar-refractivity contribution is 0.0706. The van der Waals surface area contributed by atoms with Crippen LogP contribution in [0.1, 0.15) is 18.6 Å². The summed E-state index contributed by atoms with van der Waals surface area (Å²) in [5.41, 5.74) is 0.219. The van der Waals surface area contributed by atoms with Crippen LogP contribution in [0.25, 0.3) is 0 Å². The Kier molecular flexibility index (Phi) is 3.80. The molecule has 2 unspecified atom stereocenters. The molecular formula is C12H15FO5S. The van der Waals surface area contributed by atoms with E-state index in [1.165, 1.54) is 13.0 Å². The number of hydrogen-bond donors (Lipinski definition) is 2. The summed E-state index contributed by atoms with van der Waals surface area (Å²) in [6.07, 6.45) is -2.97. The van der Waals surface area contributed by atoms with Gasteiger partial charge in [0, 0.05) is 5.56 Å². The molecule has 0 spiro atoms. The molecule has 3 atom stereocenters. The smallest absolute Gasteiger partial charge is 0.156 e. The van der Waals surface area contributed by atoms with Crippen LogP contribution in [-0.4, -0.2) is 42.3 Å². The summed E-state index contributed by atoms with van der Waals surface area (Å²) in [6, 6.07) is 3.59. The van der Waals surface area contributed by atoms with Crippen molar-refractivity contribution in [3.05, 3.63) is 29.6 Å². The summed E-state index contributed by atoms with van der Waals surface area (Å²) in [7, 11) is -3.32. The second kappa shape index (κ2) is 5.07. The first kappa shape index (κ1) is 14.2. The molecule has 2 rings (SSSR count). The van der Waals surface area contributed by atoms with Gasteiger partial charge in [-0.2, -0.15) is 0 Å². The van der Waals surface area contributed by atoms with Crippen LogP contribution in [0.4, 0.5) is 4.39 Å². The first-order chi connectivity index (χ1) is 8.78. The van der Waals surface area contributed by atoms with E-state index >= 15 is 0 Å². The predicted octanol–water partition coefficient (Wildman–Crippen LogP) is 0.416. The normalized spacial score (nSPS) is 27.2. The van der Waals surface area contributed by atoms with Gasteiger partial charge in [0.05, 0.1) is 17.6 Å². The first-order valence-electron chi connectivity index (χ1n) is 5.81. The highest BCUT2D eigenvalue weighted by Gasteiger charge is 2.38. The number of aliphatic hydroxyl groups excluding tert-OH is 2. The van der Waals surface area contributed by atoms with Gasteiger partial charge < -0.3 is 14.9 Å². The van der Waals surface area contributed by atoms with Crippen molar-refractivity contribution in [1.29, 1.82) is 0 Å². The molecular weight excluding hydrogens is 275 g/mol. The Labute approximate surface area is 110 Å². The Morgan fingerprint density at radius 1 is 1.42 bits per heavy atom. The maximum Gasteiger partial charge on any atom is 0.156 e. The molecule has 1 heterocycles. The van der Waals surface area contributed by atoms with E-state index in [1.807, 2.05) is 0 Å². The van der Waals surface area contributed by atoms with Crippen molar-refractivity contribution < 1.29 is 27.8 Å². The van der Waals surface area contributed by atoms with Gasteiger partial charge in [0.1, 0.15) is 23.8 Å². The molecule has 0 radical (unpaired) electrons. The van der Waals surface area contributed by atoms with Crippen molar-refractivity contribution in [3.63, 3.8) is 0 Å². The zero-order valence-corrected chi connectivity index (χ0v) is 11.1. The molecule has 0 aromatic heterocycles. The fraction of sp³-hybridized carbons (Fsp3) is 0.500. The van der Waals surface area contributed by atoms with Crippen LogP contribution in [0.2, 0.25) is 0 Å². The van der Waals surface area contributed by atoms with Crippen LogP contribution >= 0.6 is 0 Å². The molecule has 7 heteroatoms. The van der Waals surface area contributed by atoms with E-state index in [0.717, 1.165) is 12.1 Å². The van der Waals surface area contributed by atoms with E-state index in [-0.39, 0.29) is 22.8 Å². The highest BCUT2D eigenvalue weighted by Crippen LogP contribution is 2.29. The molecule has 5 nitrogen and oxygen atoms in total. The average Bonchev–Trinajstić information content (AvgIpc) is 2.54. The van der Waals surface area contributed by atoms with Crippen molar-refractivity contribution in [2.75, 3.05) is 11.5 Å². The molecule has 1 aromatic rings. The first-order valence-corrected chi connectivity index (χ1v) is 7.63.